The van der Waals surface area contributed by atoms with Gasteiger partial charge in [-0.05, 0) is 81.5 Å². The van der Waals surface area contributed by atoms with Gasteiger partial charge in [0, 0.05) is 48.7 Å². The van der Waals surface area contributed by atoms with Crippen molar-refractivity contribution in [3.63, 3.8) is 0 Å². The molecule has 5 N–H and O–H groups in total. The molecule has 0 aliphatic carbocycles. The Morgan fingerprint density at radius 3 is 2.07 bits per heavy atom. The van der Waals surface area contributed by atoms with Crippen LogP contribution in [0.5, 0.6) is 0 Å². The van der Waals surface area contributed by atoms with Crippen LogP contribution in [0.25, 0.3) is 0 Å². The van der Waals surface area contributed by atoms with E-state index >= 15 is 0 Å². The smallest absolute Gasteiger partial charge is 0.857 e. The molecule has 2 unspecified atom stereocenters. The van der Waals surface area contributed by atoms with Crippen LogP contribution in [0.2, 0.25) is 5.02 Å². The van der Waals surface area contributed by atoms with Gasteiger partial charge in [-0.3, -0.25) is 14.4 Å². The molecule has 1 saturated heterocycles. The molecule has 1 fully saturated rings. The Bertz CT molecular complexity index is 1110. The minimum absolute atomic E-state index is 0. The summed E-state index contributed by atoms with van der Waals surface area (Å²) in [4.78, 5) is 39.6. The van der Waals surface area contributed by atoms with E-state index in [1.54, 1.807) is 18.2 Å². The Morgan fingerprint density at radius 2 is 1.52 bits per heavy atom. The molecule has 228 valence electrons. The van der Waals surface area contributed by atoms with Crippen LogP contribution in [-0.4, -0.2) is 66.3 Å². The van der Waals surface area contributed by atoms with E-state index in [1.807, 2.05) is 35.8 Å². The number of likely N-dealkylation sites (tertiary alicyclic amines) is 1. The van der Waals surface area contributed by atoms with Crippen LogP contribution in [0.1, 0.15) is 63.1 Å². The van der Waals surface area contributed by atoms with E-state index in [-0.39, 0.29) is 75.7 Å². The number of hydrogen-bond acceptors (Lipinski definition) is 6. The number of rotatable bonds is 5. The second-order valence-corrected chi connectivity index (χ2v) is 10.4. The van der Waals surface area contributed by atoms with E-state index in [4.69, 9.17) is 28.2 Å². The largest absolute Gasteiger partial charge is 1.00 e. The number of nitrogens with zero attached hydrogens (tertiary/aromatic N) is 2. The molecule has 2 atom stereocenters. The van der Waals surface area contributed by atoms with Crippen molar-refractivity contribution in [2.24, 2.45) is 11.5 Å². The fraction of sp³-hybridized carbons (Fsp3) is 0.516. The standard InChI is InChI=1S/C19H26N2O2.C9H11ClN2O.C2H7N.CH3O.K/c1-14-7-8-15(2)21(14)19(23)10-9-18(22)20-12-11-16-5-3-4-6-17(16)13-20;1-6-4-7(2-3-8(6)10)12-9(13)5-11;1-2-3;1-2;/h3-6,14-15H,7-13H2,1-2H3;2-4H,5,11H2,1H3,(H,12,13);2-3H2,1H3;1H3;/q;;;-1;+1. The van der Waals surface area contributed by atoms with Gasteiger partial charge in [0.25, 0.3) is 0 Å². The predicted molar refractivity (Wildman–Crippen MR) is 164 cm³/mol. The number of nitrogens with one attached hydrogen (secondary N) is 1. The minimum atomic E-state index is -0.207. The van der Waals surface area contributed by atoms with Crippen LogP contribution in [0.3, 0.4) is 0 Å². The molecule has 0 radical (unpaired) electrons. The second kappa shape index (κ2) is 22.2. The van der Waals surface area contributed by atoms with Crippen LogP contribution in [-0.2, 0) is 27.3 Å². The summed E-state index contributed by atoms with van der Waals surface area (Å²) in [6, 6.07) is 14.2. The van der Waals surface area contributed by atoms with Crippen LogP contribution in [0.4, 0.5) is 5.69 Å². The van der Waals surface area contributed by atoms with Crippen molar-refractivity contribution in [1.29, 1.82) is 0 Å². The van der Waals surface area contributed by atoms with E-state index in [9.17, 15) is 14.4 Å². The summed E-state index contributed by atoms with van der Waals surface area (Å²) >= 11 is 5.81. The van der Waals surface area contributed by atoms with Gasteiger partial charge in [-0.15, -0.1) is 0 Å². The Kier molecular flexibility index (Phi) is 21.5. The number of fused-ring (bicyclic) bond motifs is 1. The van der Waals surface area contributed by atoms with Crippen molar-refractivity contribution < 1.29 is 70.9 Å². The number of carbonyl (C=O) groups excluding carboxylic acids is 3. The third kappa shape index (κ3) is 13.5. The summed E-state index contributed by atoms with van der Waals surface area (Å²) in [5.74, 6) is 0.0299. The zero-order chi connectivity index (χ0) is 30.9. The quantitative estimate of drug-likeness (QED) is 0.405. The first kappa shape index (κ1) is 40.7. The molecule has 11 heteroatoms. The van der Waals surface area contributed by atoms with E-state index in [0.717, 1.165) is 50.7 Å². The van der Waals surface area contributed by atoms with Crippen molar-refractivity contribution in [3.05, 3.63) is 64.2 Å². The number of aryl methyl sites for hydroxylation is 1. The molecule has 0 saturated carbocycles. The first-order valence-corrected chi connectivity index (χ1v) is 14.5. The number of nitrogens with two attached hydrogens (primary N) is 2. The summed E-state index contributed by atoms with van der Waals surface area (Å²) < 4.78 is 0. The van der Waals surface area contributed by atoms with Crippen molar-refractivity contribution >= 4 is 35.0 Å². The molecule has 0 bridgehead atoms. The number of hydrogen-bond donors (Lipinski definition) is 3. The Hall–Kier alpha value is -1.34. The molecule has 2 aromatic carbocycles. The molecule has 42 heavy (non-hydrogen) atoms. The fourth-order valence-electron chi connectivity index (χ4n) is 4.83. The molecule has 2 aliphatic heterocycles. The molecule has 9 nitrogen and oxygen atoms in total. The molecule has 0 aromatic heterocycles. The summed E-state index contributed by atoms with van der Waals surface area (Å²) in [6.45, 7) is 10.2. The molecule has 0 spiro atoms. The maximum Gasteiger partial charge on any atom is 1.00 e. The van der Waals surface area contributed by atoms with Crippen molar-refractivity contribution in [2.75, 3.05) is 32.1 Å². The second-order valence-electron chi connectivity index (χ2n) is 10.0. The zero-order valence-electron chi connectivity index (χ0n) is 26.1. The third-order valence-electron chi connectivity index (χ3n) is 6.90. The fourth-order valence-corrected chi connectivity index (χ4v) is 4.95. The minimum Gasteiger partial charge on any atom is -0.857 e. The Balaban J connectivity index is 0.000000755. The van der Waals surface area contributed by atoms with E-state index in [1.165, 1.54) is 11.1 Å². The van der Waals surface area contributed by atoms with E-state index < -0.39 is 0 Å². The van der Waals surface area contributed by atoms with Crippen LogP contribution >= 0.6 is 11.6 Å². The molecule has 2 heterocycles. The first-order chi connectivity index (χ1) is 19.6. The number of halogens is 1. The summed E-state index contributed by atoms with van der Waals surface area (Å²) in [6.07, 6.45) is 3.73. The van der Waals surface area contributed by atoms with Crippen LogP contribution in [0, 0.1) is 6.92 Å². The zero-order valence-corrected chi connectivity index (χ0v) is 30.0. The van der Waals surface area contributed by atoms with Gasteiger partial charge < -0.3 is 31.7 Å². The number of carbonyl (C=O) groups is 3. The first-order valence-electron chi connectivity index (χ1n) is 14.1. The van der Waals surface area contributed by atoms with Crippen molar-refractivity contribution in [3.8, 4) is 0 Å². The van der Waals surface area contributed by atoms with Gasteiger partial charge in [0.1, 0.15) is 0 Å². The molecular formula is C31H47ClKN5O4. The summed E-state index contributed by atoms with van der Waals surface area (Å²) in [7, 11) is 0.750. The molecule has 3 amide bonds. The normalized spacial score (nSPS) is 16.6. The number of benzene rings is 2. The Morgan fingerprint density at radius 1 is 0.976 bits per heavy atom. The maximum absolute atomic E-state index is 12.4. The SMILES string of the molecule is CC1CCC(C)N1C(=O)CCC(=O)N1CCc2ccccc2C1.CCN.C[O-].Cc1cc(NC(=O)CN)ccc1Cl.[K+]. The van der Waals surface area contributed by atoms with Gasteiger partial charge in [-0.1, -0.05) is 42.8 Å². The molecule has 2 aromatic rings. The molecular weight excluding hydrogens is 581 g/mol. The van der Waals surface area contributed by atoms with Crippen molar-refractivity contribution in [2.45, 2.75) is 78.4 Å². The van der Waals surface area contributed by atoms with Gasteiger partial charge in [0.15, 0.2) is 0 Å². The van der Waals surface area contributed by atoms with Gasteiger partial charge in [-0.2, -0.15) is 7.11 Å². The average molecular weight is 628 g/mol. The molecule has 4 rings (SSSR count). The summed E-state index contributed by atoms with van der Waals surface area (Å²) in [5.41, 5.74) is 14.2. The maximum atomic E-state index is 12.4. The third-order valence-corrected chi connectivity index (χ3v) is 7.33. The van der Waals surface area contributed by atoms with Gasteiger partial charge >= 0.3 is 51.4 Å². The number of amides is 3. The van der Waals surface area contributed by atoms with Crippen LogP contribution < -0.4 is 73.3 Å². The predicted octanol–water partition coefficient (Wildman–Crippen LogP) is 0.242. The average Bonchev–Trinajstić information content (AvgIpc) is 3.32. The van der Waals surface area contributed by atoms with E-state index in [0.29, 0.717) is 36.5 Å². The van der Waals surface area contributed by atoms with Crippen LogP contribution in [0.15, 0.2) is 42.5 Å². The Labute approximate surface area is 299 Å². The summed E-state index contributed by atoms with van der Waals surface area (Å²) in [5, 5.41) is 11.6. The van der Waals surface area contributed by atoms with E-state index in [2.05, 4.69) is 31.3 Å². The van der Waals surface area contributed by atoms with Gasteiger partial charge in [0.2, 0.25) is 17.7 Å². The monoisotopic (exact) mass is 627 g/mol. The van der Waals surface area contributed by atoms with Gasteiger partial charge in [-0.25, -0.2) is 0 Å². The van der Waals surface area contributed by atoms with Crippen molar-refractivity contribution in [1.82, 2.24) is 9.80 Å². The topological polar surface area (TPSA) is 145 Å². The van der Waals surface area contributed by atoms with Gasteiger partial charge in [0.05, 0.1) is 6.54 Å². The number of anilines is 1. The molecule has 2 aliphatic rings.